The van der Waals surface area contributed by atoms with E-state index in [0.717, 1.165) is 6.61 Å². The van der Waals surface area contributed by atoms with E-state index in [2.05, 4.69) is 14.0 Å². The lowest BCUT2D eigenvalue weighted by Gasteiger charge is -1.75. The van der Waals surface area contributed by atoms with Gasteiger partial charge in [0.25, 0.3) is 0 Å². The minimum atomic E-state index is 0.782. The van der Waals surface area contributed by atoms with Gasteiger partial charge >= 0.3 is 0 Å². The summed E-state index contributed by atoms with van der Waals surface area (Å²) < 4.78 is 4.46. The van der Waals surface area contributed by atoms with Crippen LogP contribution in [0.15, 0.2) is 0 Å². The Kier molecular flexibility index (Phi) is 3.72. The third-order valence-corrected chi connectivity index (χ3v) is 0.500. The van der Waals surface area contributed by atoms with E-state index in [-0.39, 0.29) is 0 Å². The molecule has 4 heavy (non-hydrogen) atoms. The van der Waals surface area contributed by atoms with Gasteiger partial charge in [0.15, 0.2) is 0 Å². The molecule has 0 bridgehead atoms. The van der Waals surface area contributed by atoms with Gasteiger partial charge in [0.05, 0.1) is 0 Å². The van der Waals surface area contributed by atoms with Crippen LogP contribution < -0.4 is 0 Å². The quantitative estimate of drug-likeness (QED) is 0.422. The van der Waals surface area contributed by atoms with Gasteiger partial charge in [-0.1, -0.05) is 0 Å². The molecular weight excluding hydrogens is 71.0 g/mol. The molecule has 0 aromatic rings. The first-order chi connectivity index (χ1) is 1.91. The highest BCUT2D eigenvalue weighted by Gasteiger charge is 1.51. The molecule has 0 aromatic carbocycles. The molecule has 1 nitrogen and oxygen atoms in total. The molecule has 26 valence electrons. The zero-order valence-corrected chi connectivity index (χ0v) is 3.85. The Bertz CT molecular complexity index is 8.00. The van der Waals surface area contributed by atoms with Crippen LogP contribution in [0.3, 0.4) is 0 Å². The fraction of sp³-hybridized carbons (Fsp3) is 1.00. The summed E-state index contributed by atoms with van der Waals surface area (Å²) in [5.74, 6) is 0. The van der Waals surface area contributed by atoms with E-state index in [1.54, 1.807) is 0 Å². The van der Waals surface area contributed by atoms with E-state index in [0.29, 0.717) is 0 Å². The Morgan fingerprint density at radius 2 is 2.25 bits per heavy atom. The summed E-state index contributed by atoms with van der Waals surface area (Å²) in [6, 6.07) is 0. The maximum absolute atomic E-state index is 4.46. The van der Waals surface area contributed by atoms with E-state index >= 15 is 0 Å². The van der Waals surface area contributed by atoms with Crippen molar-refractivity contribution in [3.05, 3.63) is 0 Å². The van der Waals surface area contributed by atoms with Gasteiger partial charge < -0.3 is 4.52 Å². The first kappa shape index (κ1) is 4.39. The maximum atomic E-state index is 4.46. The molecule has 0 aliphatic rings. The molecule has 0 radical (unpaired) electrons. The second-order valence-electron chi connectivity index (χ2n) is 0.455. The standard InChI is InChI=1S/C2H7OP/c1-2-3-4/h2,4H2,1H3. The van der Waals surface area contributed by atoms with Crippen LogP contribution in [-0.4, -0.2) is 6.61 Å². The van der Waals surface area contributed by atoms with Crippen molar-refractivity contribution in [2.24, 2.45) is 0 Å². The van der Waals surface area contributed by atoms with E-state index in [1.807, 2.05) is 6.92 Å². The van der Waals surface area contributed by atoms with E-state index in [1.165, 1.54) is 0 Å². The lowest BCUT2D eigenvalue weighted by Crippen LogP contribution is -1.63. The van der Waals surface area contributed by atoms with Gasteiger partial charge in [-0.2, -0.15) is 0 Å². The number of rotatable bonds is 1. The minimum Gasteiger partial charge on any atom is -0.366 e. The van der Waals surface area contributed by atoms with Crippen LogP contribution >= 0.6 is 9.47 Å². The molecule has 0 amide bonds. The Balaban J connectivity index is 1.97. The van der Waals surface area contributed by atoms with E-state index in [4.69, 9.17) is 0 Å². The molecule has 0 saturated carbocycles. The lowest BCUT2D eigenvalue weighted by atomic mass is 10.9. The summed E-state index contributed by atoms with van der Waals surface area (Å²) in [5, 5.41) is 0. The summed E-state index contributed by atoms with van der Waals surface area (Å²) in [7, 11) is 2.16. The highest BCUT2D eigenvalue weighted by atomic mass is 31.0. The molecule has 0 fully saturated rings. The lowest BCUT2D eigenvalue weighted by molar-refractivity contribution is 0.400. The van der Waals surface area contributed by atoms with Crippen molar-refractivity contribution in [2.75, 3.05) is 6.61 Å². The van der Waals surface area contributed by atoms with Crippen molar-refractivity contribution in [1.82, 2.24) is 0 Å². The first-order valence-electron chi connectivity index (χ1n) is 1.23. The molecule has 0 aliphatic carbocycles. The van der Waals surface area contributed by atoms with Crippen molar-refractivity contribution in [3.63, 3.8) is 0 Å². The fourth-order valence-corrected chi connectivity index (χ4v) is 0. The molecule has 0 spiro atoms. The fourth-order valence-electron chi connectivity index (χ4n) is 0. The van der Waals surface area contributed by atoms with Crippen LogP contribution in [0.5, 0.6) is 0 Å². The van der Waals surface area contributed by atoms with Crippen molar-refractivity contribution >= 4 is 9.47 Å². The van der Waals surface area contributed by atoms with E-state index in [9.17, 15) is 0 Å². The molecule has 0 heterocycles. The highest BCUT2D eigenvalue weighted by Crippen LogP contribution is 1.77. The molecule has 0 aromatic heterocycles. The first-order valence-corrected chi connectivity index (χ1v) is 1.70. The van der Waals surface area contributed by atoms with Gasteiger partial charge in [0.1, 0.15) is 0 Å². The summed E-state index contributed by atoms with van der Waals surface area (Å²) in [5.41, 5.74) is 0. The minimum absolute atomic E-state index is 0.782. The van der Waals surface area contributed by atoms with Crippen molar-refractivity contribution in [1.29, 1.82) is 0 Å². The summed E-state index contributed by atoms with van der Waals surface area (Å²) in [6.45, 7) is 2.72. The maximum Gasteiger partial charge on any atom is 0.0473 e. The third-order valence-electron chi connectivity index (χ3n) is 0.167. The Morgan fingerprint density at radius 1 is 2.00 bits per heavy atom. The van der Waals surface area contributed by atoms with Crippen LogP contribution in [0.4, 0.5) is 0 Å². The van der Waals surface area contributed by atoms with Gasteiger partial charge in [0, 0.05) is 16.1 Å². The smallest absolute Gasteiger partial charge is 0.0473 e. The third kappa shape index (κ3) is 2.39. The van der Waals surface area contributed by atoms with Crippen molar-refractivity contribution in [3.8, 4) is 0 Å². The molecule has 0 rings (SSSR count). The topological polar surface area (TPSA) is 9.23 Å². The Hall–Kier alpha value is 0.390. The van der Waals surface area contributed by atoms with Crippen molar-refractivity contribution < 1.29 is 4.52 Å². The Labute approximate surface area is 28.6 Å². The second-order valence-corrected chi connectivity index (χ2v) is 0.789. The Morgan fingerprint density at radius 3 is 2.25 bits per heavy atom. The van der Waals surface area contributed by atoms with Gasteiger partial charge in [-0.15, -0.1) is 0 Å². The zero-order valence-electron chi connectivity index (χ0n) is 2.69. The molecule has 0 aliphatic heterocycles. The van der Waals surface area contributed by atoms with Crippen LogP contribution in [0.25, 0.3) is 0 Å². The zero-order chi connectivity index (χ0) is 3.41. The molecule has 0 saturated heterocycles. The summed E-state index contributed by atoms with van der Waals surface area (Å²) >= 11 is 0. The van der Waals surface area contributed by atoms with E-state index < -0.39 is 0 Å². The van der Waals surface area contributed by atoms with Crippen LogP contribution in [-0.2, 0) is 4.52 Å². The van der Waals surface area contributed by atoms with Gasteiger partial charge in [0.2, 0.25) is 0 Å². The summed E-state index contributed by atoms with van der Waals surface area (Å²) in [6.07, 6.45) is 0. The number of hydrogen-bond acceptors (Lipinski definition) is 1. The number of hydrogen-bond donors (Lipinski definition) is 0. The molecule has 1 atom stereocenters. The van der Waals surface area contributed by atoms with Crippen LogP contribution in [0, 0.1) is 0 Å². The van der Waals surface area contributed by atoms with Gasteiger partial charge in [-0.05, 0) is 6.92 Å². The predicted octanol–water partition coefficient (Wildman–Crippen LogP) is 0.813. The largest absolute Gasteiger partial charge is 0.366 e. The average molecular weight is 78.1 g/mol. The van der Waals surface area contributed by atoms with Crippen molar-refractivity contribution in [2.45, 2.75) is 6.92 Å². The normalized spacial score (nSPS) is 7.50. The predicted molar refractivity (Wildman–Crippen MR) is 21.3 cm³/mol. The average Bonchev–Trinajstić information content (AvgIpc) is 1.37. The van der Waals surface area contributed by atoms with Gasteiger partial charge in [-0.25, -0.2) is 0 Å². The summed E-state index contributed by atoms with van der Waals surface area (Å²) in [4.78, 5) is 0. The second kappa shape index (κ2) is 3.39. The van der Waals surface area contributed by atoms with Crippen LogP contribution in [0.2, 0.25) is 0 Å². The molecule has 1 unspecified atom stereocenters. The molecular formula is C2H7OP. The van der Waals surface area contributed by atoms with Crippen LogP contribution in [0.1, 0.15) is 6.92 Å². The molecule has 0 N–H and O–H groups in total. The highest BCUT2D eigenvalue weighted by molar-refractivity contribution is 7.09. The SMILES string of the molecule is CCOP. The van der Waals surface area contributed by atoms with Gasteiger partial charge in [-0.3, -0.25) is 0 Å². The monoisotopic (exact) mass is 78.0 g/mol. The molecule has 2 heteroatoms.